The minimum Gasteiger partial charge on any atom is -0.103 e. The SMILES string of the molecule is C=CCCC(=S)CCCC. The van der Waals surface area contributed by atoms with Crippen molar-refractivity contribution in [3.63, 3.8) is 0 Å². The Labute approximate surface area is 69.3 Å². The lowest BCUT2D eigenvalue weighted by atomic mass is 10.1. The van der Waals surface area contributed by atoms with Gasteiger partial charge < -0.3 is 0 Å². The molecule has 0 aliphatic heterocycles. The molecule has 0 nitrogen and oxygen atoms in total. The highest BCUT2D eigenvalue weighted by atomic mass is 32.1. The van der Waals surface area contributed by atoms with Crippen LogP contribution in [0.15, 0.2) is 12.7 Å². The van der Waals surface area contributed by atoms with E-state index < -0.39 is 0 Å². The van der Waals surface area contributed by atoms with Crippen molar-refractivity contribution in [3.8, 4) is 0 Å². The summed E-state index contributed by atoms with van der Waals surface area (Å²) in [5.41, 5.74) is 0. The summed E-state index contributed by atoms with van der Waals surface area (Å²) in [4.78, 5) is 1.21. The average molecular weight is 156 g/mol. The van der Waals surface area contributed by atoms with Crippen LogP contribution in [-0.2, 0) is 0 Å². The van der Waals surface area contributed by atoms with Crippen LogP contribution in [0.1, 0.15) is 39.0 Å². The predicted molar refractivity (Wildman–Crippen MR) is 51.6 cm³/mol. The Morgan fingerprint density at radius 3 is 2.70 bits per heavy atom. The van der Waals surface area contributed by atoms with E-state index in [1.165, 1.54) is 17.7 Å². The first-order chi connectivity index (χ1) is 4.81. The van der Waals surface area contributed by atoms with Gasteiger partial charge >= 0.3 is 0 Å². The van der Waals surface area contributed by atoms with Crippen molar-refractivity contribution in [2.75, 3.05) is 0 Å². The average Bonchev–Trinajstić information content (AvgIpc) is 1.97. The minimum absolute atomic E-state index is 1.04. The second kappa shape index (κ2) is 6.94. The molecule has 10 heavy (non-hydrogen) atoms. The normalized spacial score (nSPS) is 9.30. The Balaban J connectivity index is 3.16. The Kier molecular flexibility index (Phi) is 6.83. The first kappa shape index (κ1) is 9.83. The van der Waals surface area contributed by atoms with E-state index in [1.54, 1.807) is 0 Å². The molecular formula is C9H16S. The smallest absolute Gasteiger partial charge is 0.00684 e. The van der Waals surface area contributed by atoms with E-state index in [1.807, 2.05) is 6.08 Å². The topological polar surface area (TPSA) is 0 Å². The third-order valence-corrected chi connectivity index (χ3v) is 1.84. The molecule has 1 heteroatoms. The van der Waals surface area contributed by atoms with Gasteiger partial charge in [0.1, 0.15) is 0 Å². The van der Waals surface area contributed by atoms with Crippen LogP contribution in [-0.4, -0.2) is 4.86 Å². The number of unbranched alkanes of at least 4 members (excludes halogenated alkanes) is 1. The Morgan fingerprint density at radius 2 is 2.20 bits per heavy atom. The van der Waals surface area contributed by atoms with Crippen molar-refractivity contribution < 1.29 is 0 Å². The molecular weight excluding hydrogens is 140 g/mol. The van der Waals surface area contributed by atoms with Crippen LogP contribution in [0, 0.1) is 0 Å². The highest BCUT2D eigenvalue weighted by molar-refractivity contribution is 7.80. The summed E-state index contributed by atoms with van der Waals surface area (Å²) in [5, 5.41) is 0. The predicted octanol–water partition coefficient (Wildman–Crippen LogP) is 3.51. The molecule has 58 valence electrons. The zero-order valence-electron chi connectivity index (χ0n) is 6.73. The van der Waals surface area contributed by atoms with E-state index in [-0.39, 0.29) is 0 Å². The highest BCUT2D eigenvalue weighted by Crippen LogP contribution is 2.03. The third-order valence-electron chi connectivity index (χ3n) is 1.44. The van der Waals surface area contributed by atoms with Gasteiger partial charge in [0.15, 0.2) is 0 Å². The molecule has 0 heterocycles. The number of allylic oxidation sites excluding steroid dienone is 1. The molecule has 0 atom stereocenters. The van der Waals surface area contributed by atoms with Crippen molar-refractivity contribution in [3.05, 3.63) is 12.7 Å². The summed E-state index contributed by atoms with van der Waals surface area (Å²) in [6, 6.07) is 0. The fraction of sp³-hybridized carbons (Fsp3) is 0.667. The van der Waals surface area contributed by atoms with Crippen LogP contribution in [0.3, 0.4) is 0 Å². The first-order valence-corrected chi connectivity index (χ1v) is 4.34. The van der Waals surface area contributed by atoms with E-state index in [9.17, 15) is 0 Å². The maximum Gasteiger partial charge on any atom is -0.00684 e. The van der Waals surface area contributed by atoms with E-state index in [4.69, 9.17) is 12.2 Å². The quantitative estimate of drug-likeness (QED) is 0.419. The van der Waals surface area contributed by atoms with Gasteiger partial charge in [-0.05, 0) is 30.5 Å². The lowest BCUT2D eigenvalue weighted by Gasteiger charge is -1.98. The van der Waals surface area contributed by atoms with Crippen molar-refractivity contribution in [2.45, 2.75) is 39.0 Å². The molecule has 0 saturated carbocycles. The van der Waals surface area contributed by atoms with Crippen LogP contribution in [0.4, 0.5) is 0 Å². The van der Waals surface area contributed by atoms with Crippen LogP contribution in [0.5, 0.6) is 0 Å². The summed E-state index contributed by atoms with van der Waals surface area (Å²) in [6.07, 6.45) is 7.64. The molecule has 0 aromatic rings. The Morgan fingerprint density at radius 1 is 1.50 bits per heavy atom. The van der Waals surface area contributed by atoms with Gasteiger partial charge in [0, 0.05) is 0 Å². The number of hydrogen-bond donors (Lipinski definition) is 0. The van der Waals surface area contributed by atoms with Crippen LogP contribution < -0.4 is 0 Å². The van der Waals surface area contributed by atoms with Gasteiger partial charge in [-0.1, -0.05) is 31.6 Å². The van der Waals surface area contributed by atoms with Crippen molar-refractivity contribution in [1.82, 2.24) is 0 Å². The summed E-state index contributed by atoms with van der Waals surface area (Å²) >= 11 is 5.14. The number of rotatable bonds is 6. The fourth-order valence-electron chi connectivity index (χ4n) is 0.762. The first-order valence-electron chi connectivity index (χ1n) is 3.93. The van der Waals surface area contributed by atoms with Crippen LogP contribution >= 0.6 is 12.2 Å². The maximum atomic E-state index is 5.14. The van der Waals surface area contributed by atoms with Crippen molar-refractivity contribution >= 4 is 17.1 Å². The van der Waals surface area contributed by atoms with E-state index >= 15 is 0 Å². The van der Waals surface area contributed by atoms with Gasteiger partial charge in [0.25, 0.3) is 0 Å². The maximum absolute atomic E-state index is 5.14. The molecule has 0 aromatic carbocycles. The van der Waals surface area contributed by atoms with E-state index in [0.717, 1.165) is 19.3 Å². The molecule has 0 amide bonds. The lowest BCUT2D eigenvalue weighted by molar-refractivity contribution is 0.829. The molecule has 0 spiro atoms. The van der Waals surface area contributed by atoms with Gasteiger partial charge in [-0.2, -0.15) is 0 Å². The fourth-order valence-corrected chi connectivity index (χ4v) is 1.02. The van der Waals surface area contributed by atoms with Crippen LogP contribution in [0.25, 0.3) is 0 Å². The minimum atomic E-state index is 1.04. The van der Waals surface area contributed by atoms with Gasteiger partial charge in [-0.3, -0.25) is 0 Å². The Hall–Kier alpha value is -0.170. The van der Waals surface area contributed by atoms with E-state index in [2.05, 4.69) is 13.5 Å². The van der Waals surface area contributed by atoms with Gasteiger partial charge in [0.2, 0.25) is 0 Å². The van der Waals surface area contributed by atoms with Gasteiger partial charge in [0.05, 0.1) is 0 Å². The standard InChI is InChI=1S/C9H16S/c1-3-5-7-9(10)8-6-4-2/h3H,1,4-8H2,2H3. The molecule has 0 aliphatic carbocycles. The molecule has 0 rings (SSSR count). The van der Waals surface area contributed by atoms with Gasteiger partial charge in [-0.15, -0.1) is 6.58 Å². The number of hydrogen-bond acceptors (Lipinski definition) is 1. The molecule has 0 fully saturated rings. The largest absolute Gasteiger partial charge is 0.103 e. The second-order valence-electron chi connectivity index (χ2n) is 2.47. The van der Waals surface area contributed by atoms with Crippen molar-refractivity contribution in [2.24, 2.45) is 0 Å². The van der Waals surface area contributed by atoms with Crippen molar-refractivity contribution in [1.29, 1.82) is 0 Å². The number of thiocarbonyl (C=S) groups is 1. The molecule has 0 bridgehead atoms. The zero-order chi connectivity index (χ0) is 7.82. The van der Waals surface area contributed by atoms with Gasteiger partial charge in [-0.25, -0.2) is 0 Å². The Bertz CT molecular complexity index is 105. The third kappa shape index (κ3) is 5.96. The molecule has 0 radical (unpaired) electrons. The molecule has 0 aliphatic rings. The molecule has 0 saturated heterocycles. The van der Waals surface area contributed by atoms with E-state index in [0.29, 0.717) is 0 Å². The lowest BCUT2D eigenvalue weighted by Crippen LogP contribution is -1.92. The summed E-state index contributed by atoms with van der Waals surface area (Å²) in [6.45, 7) is 5.84. The zero-order valence-corrected chi connectivity index (χ0v) is 7.54. The summed E-state index contributed by atoms with van der Waals surface area (Å²) < 4.78 is 0. The molecule has 0 unspecified atom stereocenters. The summed E-state index contributed by atoms with van der Waals surface area (Å²) in [7, 11) is 0. The summed E-state index contributed by atoms with van der Waals surface area (Å²) in [5.74, 6) is 0. The monoisotopic (exact) mass is 156 g/mol. The highest BCUT2D eigenvalue weighted by Gasteiger charge is 1.93. The molecule has 0 N–H and O–H groups in total. The van der Waals surface area contributed by atoms with Crippen LogP contribution in [0.2, 0.25) is 0 Å². The second-order valence-corrected chi connectivity index (χ2v) is 3.05. The molecule has 0 aromatic heterocycles.